The van der Waals surface area contributed by atoms with E-state index in [1.54, 1.807) is 24.3 Å². The highest BCUT2D eigenvalue weighted by molar-refractivity contribution is 6.67. The van der Waals surface area contributed by atoms with Crippen LogP contribution in [0.2, 0.25) is 0 Å². The lowest BCUT2D eigenvalue weighted by Crippen LogP contribution is -2.26. The van der Waals surface area contributed by atoms with Crippen LogP contribution in [0.1, 0.15) is 18.4 Å². The van der Waals surface area contributed by atoms with Crippen LogP contribution in [0.5, 0.6) is 0 Å². The lowest BCUT2D eigenvalue weighted by Gasteiger charge is -2.12. The normalized spacial score (nSPS) is 13.3. The number of alkyl halides is 4. The molecule has 0 aliphatic heterocycles. The average Bonchev–Trinajstić information content (AvgIpc) is 2.72. The van der Waals surface area contributed by atoms with Crippen LogP contribution in [0, 0.1) is 11.3 Å². The molecule has 0 N–H and O–H groups in total. The fourth-order valence-corrected chi connectivity index (χ4v) is 2.59. The van der Waals surface area contributed by atoms with Gasteiger partial charge in [-0.05, 0) is 29.8 Å². The van der Waals surface area contributed by atoms with Gasteiger partial charge in [-0.15, -0.1) is 6.58 Å². The van der Waals surface area contributed by atoms with Gasteiger partial charge in [0.05, 0.1) is 11.4 Å². The van der Waals surface area contributed by atoms with Crippen molar-refractivity contribution in [2.24, 2.45) is 9.98 Å². The molecule has 0 aliphatic carbocycles. The monoisotopic (exact) mass is 447 g/mol. The number of hydrogen-bond donors (Lipinski definition) is 0. The van der Waals surface area contributed by atoms with Gasteiger partial charge in [0.25, 0.3) is 0 Å². The molecule has 0 spiro atoms. The van der Waals surface area contributed by atoms with E-state index in [-0.39, 0.29) is 11.4 Å². The van der Waals surface area contributed by atoms with Crippen molar-refractivity contribution in [2.45, 2.75) is 24.7 Å². The molecule has 0 fully saturated rings. The van der Waals surface area contributed by atoms with E-state index < -0.39 is 35.6 Å². The van der Waals surface area contributed by atoms with Crippen molar-refractivity contribution in [1.82, 2.24) is 0 Å². The zero-order valence-electron chi connectivity index (χ0n) is 16.3. The molecule has 0 bridgehead atoms. The van der Waals surface area contributed by atoms with Gasteiger partial charge in [0.2, 0.25) is 0 Å². The van der Waals surface area contributed by atoms with Crippen molar-refractivity contribution in [2.75, 3.05) is 0 Å². The fraction of sp³-hybridized carbons (Fsp3) is 0.174. The minimum atomic E-state index is -3.48. The Morgan fingerprint density at radius 2 is 1.65 bits per heavy atom. The quantitative estimate of drug-likeness (QED) is 0.223. The lowest BCUT2D eigenvalue weighted by molar-refractivity contribution is 0.0833. The number of allylic oxidation sites excluding steroid dienone is 2. The lowest BCUT2D eigenvalue weighted by atomic mass is 10.1. The largest absolute Gasteiger partial charge is 0.303 e. The molecule has 160 valence electrons. The smallest absolute Gasteiger partial charge is 0.236 e. The molecule has 2 aromatic rings. The number of hydrogen-bond acceptors (Lipinski definition) is 3. The van der Waals surface area contributed by atoms with Crippen LogP contribution in [0.15, 0.2) is 83.3 Å². The van der Waals surface area contributed by atoms with Gasteiger partial charge in [-0.25, -0.2) is 9.98 Å². The topological polar surface area (TPSA) is 48.5 Å². The Balaban J connectivity index is 2.15. The van der Waals surface area contributed by atoms with Crippen LogP contribution >= 0.6 is 11.6 Å². The summed E-state index contributed by atoms with van der Waals surface area (Å²) in [5, 5.41) is 8.19. The first-order valence-electron chi connectivity index (χ1n) is 9.10. The summed E-state index contributed by atoms with van der Waals surface area (Å²) in [4.78, 5) is 7.42. The molecular formula is C23H18ClF4N3. The number of halogens is 5. The molecule has 0 atom stereocenters. The molecular weight excluding hydrogens is 430 g/mol. The Kier molecular flexibility index (Phi) is 8.29. The first-order valence-corrected chi connectivity index (χ1v) is 9.48. The first-order chi connectivity index (χ1) is 14.7. The van der Waals surface area contributed by atoms with Crippen LogP contribution in [-0.2, 0) is 0 Å². The molecule has 2 aromatic carbocycles. The second-order valence-corrected chi connectivity index (χ2v) is 6.77. The van der Waals surface area contributed by atoms with Crippen molar-refractivity contribution in [3.8, 4) is 6.07 Å². The highest BCUT2D eigenvalue weighted by atomic mass is 35.5. The third kappa shape index (κ3) is 7.19. The number of nitrogens with zero attached hydrogens (tertiary/aromatic N) is 3. The minimum absolute atomic E-state index is 0.144. The Hall–Kier alpha value is -3.24. The molecule has 0 saturated carbocycles. The molecule has 0 radical (unpaired) electrons. The van der Waals surface area contributed by atoms with Gasteiger partial charge in [-0.2, -0.15) is 22.8 Å². The van der Waals surface area contributed by atoms with Crippen LogP contribution in [0.25, 0.3) is 6.08 Å². The highest BCUT2D eigenvalue weighted by Crippen LogP contribution is 2.28. The summed E-state index contributed by atoms with van der Waals surface area (Å²) in [6.45, 7) is 3.25. The van der Waals surface area contributed by atoms with E-state index in [0.29, 0.717) is 5.56 Å². The Labute approximate surface area is 182 Å². The van der Waals surface area contributed by atoms with E-state index in [1.807, 2.05) is 0 Å². The number of rotatable bonds is 9. The number of nitriles is 1. The van der Waals surface area contributed by atoms with Crippen molar-refractivity contribution in [3.05, 3.63) is 78.9 Å². The number of aliphatic imine (C=N–C) groups is 2. The van der Waals surface area contributed by atoms with Crippen molar-refractivity contribution in [3.63, 3.8) is 0 Å². The zero-order valence-corrected chi connectivity index (χ0v) is 17.0. The van der Waals surface area contributed by atoms with Crippen molar-refractivity contribution in [1.29, 1.82) is 5.26 Å². The first kappa shape index (κ1) is 24.0. The summed E-state index contributed by atoms with van der Waals surface area (Å²) in [6, 6.07) is 15.4. The van der Waals surface area contributed by atoms with Gasteiger partial charge in [0.1, 0.15) is 6.07 Å². The SMILES string of the molecule is C=CCC(F)(F)C(Cl)=Nc1cccc(C=CCC(F)(F)C(C#N)=Nc2ccccc2)c1. The van der Waals surface area contributed by atoms with E-state index in [1.165, 1.54) is 48.6 Å². The summed E-state index contributed by atoms with van der Waals surface area (Å²) < 4.78 is 56.3. The van der Waals surface area contributed by atoms with Gasteiger partial charge in [0, 0.05) is 12.8 Å². The molecule has 8 heteroatoms. The molecule has 0 amide bonds. The van der Waals surface area contributed by atoms with Gasteiger partial charge in [-0.3, -0.25) is 0 Å². The number of para-hydroxylation sites is 1. The second kappa shape index (κ2) is 10.7. The van der Waals surface area contributed by atoms with Crippen LogP contribution in [0.4, 0.5) is 28.9 Å². The standard InChI is InChI=1S/C23H18ClF4N3/c1-2-13-23(27,28)21(24)31-19-12-6-8-17(15-19)9-7-14-22(25,26)20(16-29)30-18-10-4-3-5-11-18/h2-12,15H,1,13-14H2. The van der Waals surface area contributed by atoms with Crippen LogP contribution < -0.4 is 0 Å². The molecule has 0 saturated heterocycles. The fourth-order valence-electron chi connectivity index (χ4n) is 2.42. The summed E-state index contributed by atoms with van der Waals surface area (Å²) >= 11 is 5.61. The number of benzene rings is 2. The predicted octanol–water partition coefficient (Wildman–Crippen LogP) is 7.50. The minimum Gasteiger partial charge on any atom is -0.236 e. The maximum atomic E-state index is 14.4. The van der Waals surface area contributed by atoms with Gasteiger partial charge >= 0.3 is 11.8 Å². The Bertz CT molecular complexity index is 1040. The van der Waals surface area contributed by atoms with E-state index in [9.17, 15) is 17.6 Å². The molecule has 0 aliphatic rings. The van der Waals surface area contributed by atoms with Crippen LogP contribution in [-0.4, -0.2) is 22.7 Å². The van der Waals surface area contributed by atoms with Gasteiger partial charge in [0.15, 0.2) is 10.9 Å². The summed E-state index contributed by atoms with van der Waals surface area (Å²) in [6.07, 6.45) is 2.16. The molecule has 3 nitrogen and oxygen atoms in total. The summed E-state index contributed by atoms with van der Waals surface area (Å²) in [7, 11) is 0. The van der Waals surface area contributed by atoms with E-state index >= 15 is 0 Å². The molecule has 2 rings (SSSR count). The molecule has 31 heavy (non-hydrogen) atoms. The third-order valence-electron chi connectivity index (χ3n) is 3.93. The average molecular weight is 448 g/mol. The van der Waals surface area contributed by atoms with E-state index in [4.69, 9.17) is 16.9 Å². The van der Waals surface area contributed by atoms with E-state index in [2.05, 4.69) is 16.6 Å². The van der Waals surface area contributed by atoms with Crippen LogP contribution in [0.3, 0.4) is 0 Å². The van der Waals surface area contributed by atoms with Crippen molar-refractivity contribution < 1.29 is 17.6 Å². The van der Waals surface area contributed by atoms with Gasteiger partial charge in [-0.1, -0.05) is 60.2 Å². The third-order valence-corrected chi connectivity index (χ3v) is 4.29. The van der Waals surface area contributed by atoms with Crippen molar-refractivity contribution >= 4 is 39.9 Å². The highest BCUT2D eigenvalue weighted by Gasteiger charge is 2.35. The molecule has 0 unspecified atom stereocenters. The molecule has 0 heterocycles. The summed E-state index contributed by atoms with van der Waals surface area (Å²) in [5.74, 6) is -6.82. The second-order valence-electron chi connectivity index (χ2n) is 6.41. The predicted molar refractivity (Wildman–Crippen MR) is 117 cm³/mol. The Morgan fingerprint density at radius 3 is 2.29 bits per heavy atom. The maximum Gasteiger partial charge on any atom is 0.303 e. The maximum absolute atomic E-state index is 14.4. The zero-order chi connectivity index (χ0) is 22.9. The summed E-state index contributed by atoms with van der Waals surface area (Å²) in [5.41, 5.74) is -0.0607. The molecule has 0 aromatic heterocycles. The van der Waals surface area contributed by atoms with Gasteiger partial charge < -0.3 is 0 Å². The van der Waals surface area contributed by atoms with E-state index in [0.717, 1.165) is 6.08 Å². The Morgan fingerprint density at radius 1 is 0.968 bits per heavy atom.